The summed E-state index contributed by atoms with van der Waals surface area (Å²) in [6.07, 6.45) is 2.29. The lowest BCUT2D eigenvalue weighted by Gasteiger charge is -2.37. The van der Waals surface area contributed by atoms with Gasteiger partial charge in [-0.25, -0.2) is 0 Å². The van der Waals surface area contributed by atoms with E-state index in [1.807, 2.05) is 0 Å². The molecule has 2 nitrogen and oxygen atoms in total. The first kappa shape index (κ1) is 26.1. The average Bonchev–Trinajstić information content (AvgIpc) is 3.55. The Bertz CT molecular complexity index is 1850. The van der Waals surface area contributed by atoms with Gasteiger partial charge in [-0.1, -0.05) is 112 Å². The molecule has 4 heteroatoms. The summed E-state index contributed by atoms with van der Waals surface area (Å²) in [5, 5.41) is 8.27. The highest BCUT2D eigenvalue weighted by Crippen LogP contribution is 2.49. The fraction of sp³-hybridized carbons (Fsp3) is 0.263. The monoisotopic (exact) mass is 580 g/mol. The molecule has 210 valence electrons. The Morgan fingerprint density at radius 3 is 1.24 bits per heavy atom. The molecule has 0 amide bonds. The maximum atomic E-state index is 2.71. The number of benzene rings is 6. The molecular weight excluding hydrogens is 541 g/mol. The first-order valence-corrected chi connectivity index (χ1v) is 22.7. The summed E-state index contributed by atoms with van der Waals surface area (Å²) in [6.45, 7) is 15.2. The van der Waals surface area contributed by atoms with Gasteiger partial charge in [-0.2, -0.15) is 0 Å². The second kappa shape index (κ2) is 8.95. The van der Waals surface area contributed by atoms with Crippen molar-refractivity contribution in [2.24, 2.45) is 0 Å². The molecule has 0 N–H and O–H groups in total. The van der Waals surface area contributed by atoms with Crippen molar-refractivity contribution >= 4 is 71.2 Å². The van der Waals surface area contributed by atoms with Gasteiger partial charge in [0.15, 0.2) is 0 Å². The first-order valence-electron chi connectivity index (χ1n) is 15.6. The van der Waals surface area contributed by atoms with Crippen LogP contribution in [0.5, 0.6) is 0 Å². The molecule has 2 unspecified atom stereocenters. The van der Waals surface area contributed by atoms with Crippen molar-refractivity contribution in [1.29, 1.82) is 0 Å². The molecule has 2 aliphatic heterocycles. The number of para-hydroxylation sites is 2. The molecule has 2 atom stereocenters. The molecule has 6 aromatic carbocycles. The summed E-state index contributed by atoms with van der Waals surface area (Å²) in [5.41, 5.74) is 9.59. The predicted molar refractivity (Wildman–Crippen MR) is 189 cm³/mol. The smallest absolute Gasteiger partial charge is 0.0714 e. The summed E-state index contributed by atoms with van der Waals surface area (Å²) >= 11 is 0. The van der Waals surface area contributed by atoms with Gasteiger partial charge in [0, 0.05) is 44.9 Å². The van der Waals surface area contributed by atoms with Crippen LogP contribution in [0.1, 0.15) is 11.1 Å². The Balaban J connectivity index is 1.39. The Kier molecular flexibility index (Phi) is 5.55. The van der Waals surface area contributed by atoms with Crippen molar-refractivity contribution in [2.45, 2.75) is 63.5 Å². The van der Waals surface area contributed by atoms with Gasteiger partial charge < -0.3 is 9.80 Å². The number of hydrogen-bond donors (Lipinski definition) is 0. The number of nitrogens with zero attached hydrogens (tertiary/aromatic N) is 2. The van der Waals surface area contributed by atoms with Gasteiger partial charge in [-0.15, -0.1) is 0 Å². The topological polar surface area (TPSA) is 6.48 Å². The molecule has 0 saturated heterocycles. The van der Waals surface area contributed by atoms with Crippen LogP contribution in [0.25, 0.3) is 32.3 Å². The lowest BCUT2D eigenvalue weighted by Crippen LogP contribution is -2.47. The molecule has 42 heavy (non-hydrogen) atoms. The highest BCUT2D eigenvalue weighted by Gasteiger charge is 2.41. The third-order valence-electron chi connectivity index (χ3n) is 10.1. The van der Waals surface area contributed by atoms with E-state index in [4.69, 9.17) is 0 Å². The molecule has 0 bridgehead atoms. The summed E-state index contributed by atoms with van der Waals surface area (Å²) < 4.78 is 0. The van der Waals surface area contributed by atoms with E-state index < -0.39 is 16.1 Å². The predicted octanol–water partition coefficient (Wildman–Crippen LogP) is 10.5. The summed E-state index contributed by atoms with van der Waals surface area (Å²) in [7, 11) is -2.99. The SMILES string of the molecule is C[Si](C)(C)C1Cc2ccccc2N1c1ccc2ccc3c(N4c5ccccc5CC4[Si](C)(C)C)ccc4ccc1c2c43. The second-order valence-electron chi connectivity index (χ2n) is 14.8. The molecule has 0 aliphatic carbocycles. The van der Waals surface area contributed by atoms with Gasteiger partial charge >= 0.3 is 0 Å². The fourth-order valence-corrected chi connectivity index (χ4v) is 11.7. The van der Waals surface area contributed by atoms with Crippen molar-refractivity contribution in [3.05, 3.63) is 108 Å². The van der Waals surface area contributed by atoms with Crippen molar-refractivity contribution in [3.8, 4) is 0 Å². The molecule has 2 aliphatic rings. The van der Waals surface area contributed by atoms with E-state index in [2.05, 4.69) is 146 Å². The summed E-state index contributed by atoms with van der Waals surface area (Å²) in [5.74, 6) is 0. The zero-order valence-electron chi connectivity index (χ0n) is 25.7. The van der Waals surface area contributed by atoms with Crippen LogP contribution in [0.4, 0.5) is 22.7 Å². The fourth-order valence-electron chi connectivity index (χ4n) is 7.94. The van der Waals surface area contributed by atoms with Crippen molar-refractivity contribution in [3.63, 3.8) is 0 Å². The van der Waals surface area contributed by atoms with Crippen LogP contribution < -0.4 is 9.80 Å². The molecular formula is C38H40N2Si2. The molecule has 0 saturated carbocycles. The van der Waals surface area contributed by atoms with E-state index in [0.29, 0.717) is 11.3 Å². The van der Waals surface area contributed by atoms with Crippen molar-refractivity contribution in [2.75, 3.05) is 9.80 Å². The molecule has 0 fully saturated rings. The zero-order chi connectivity index (χ0) is 29.0. The zero-order valence-corrected chi connectivity index (χ0v) is 27.7. The maximum absolute atomic E-state index is 2.71. The largest absolute Gasteiger partial charge is 0.340 e. The Morgan fingerprint density at radius 1 is 0.452 bits per heavy atom. The normalized spacial score (nSPS) is 18.9. The van der Waals surface area contributed by atoms with Crippen LogP contribution in [0.15, 0.2) is 97.1 Å². The van der Waals surface area contributed by atoms with Crippen molar-refractivity contribution < 1.29 is 0 Å². The van der Waals surface area contributed by atoms with Gasteiger partial charge in [-0.05, 0) is 69.8 Å². The highest BCUT2D eigenvalue weighted by atomic mass is 28.3. The van der Waals surface area contributed by atoms with Crippen LogP contribution in [0, 0.1) is 0 Å². The minimum atomic E-state index is -1.50. The van der Waals surface area contributed by atoms with Gasteiger partial charge in [0.1, 0.15) is 0 Å². The van der Waals surface area contributed by atoms with E-state index in [0.717, 1.165) is 12.8 Å². The van der Waals surface area contributed by atoms with Gasteiger partial charge in [0.05, 0.1) is 16.1 Å². The van der Waals surface area contributed by atoms with E-state index in [-0.39, 0.29) is 0 Å². The van der Waals surface area contributed by atoms with Crippen LogP contribution in [0.3, 0.4) is 0 Å². The maximum Gasteiger partial charge on any atom is 0.0714 e. The standard InChI is InChI=1S/C38H40N2Si2/c1-41(2,3)35-23-27-11-7-9-13-31(27)39(35)33-21-17-25-16-20-30-34(22-18-26-15-19-29(33)37(25)38(26)30)40-32-14-10-8-12-28(32)24-36(40)42(4,5)6/h7-22,35-36H,23-24H2,1-6H3. The molecule has 8 rings (SSSR count). The average molecular weight is 581 g/mol. The summed E-state index contributed by atoms with van der Waals surface area (Å²) in [4.78, 5) is 5.43. The number of fused-ring (bicyclic) bond motifs is 2. The van der Waals surface area contributed by atoms with E-state index in [1.54, 1.807) is 0 Å². The number of hydrogen-bond acceptors (Lipinski definition) is 2. The van der Waals surface area contributed by atoms with E-state index in [1.165, 1.54) is 66.2 Å². The van der Waals surface area contributed by atoms with Gasteiger partial charge in [0.25, 0.3) is 0 Å². The Morgan fingerprint density at radius 2 is 0.833 bits per heavy atom. The van der Waals surface area contributed by atoms with E-state index in [9.17, 15) is 0 Å². The molecule has 0 aromatic heterocycles. The molecule has 6 aromatic rings. The van der Waals surface area contributed by atoms with Crippen LogP contribution >= 0.6 is 0 Å². The molecule has 2 heterocycles. The number of rotatable bonds is 4. The van der Waals surface area contributed by atoms with Crippen molar-refractivity contribution in [1.82, 2.24) is 0 Å². The molecule has 0 spiro atoms. The van der Waals surface area contributed by atoms with Crippen LogP contribution in [-0.2, 0) is 12.8 Å². The first-order chi connectivity index (χ1) is 20.1. The van der Waals surface area contributed by atoms with Gasteiger partial charge in [0.2, 0.25) is 0 Å². The van der Waals surface area contributed by atoms with E-state index >= 15 is 0 Å². The third-order valence-corrected chi connectivity index (χ3v) is 15.0. The van der Waals surface area contributed by atoms with Crippen LogP contribution in [0.2, 0.25) is 39.3 Å². The van der Waals surface area contributed by atoms with Gasteiger partial charge in [-0.3, -0.25) is 0 Å². The highest BCUT2D eigenvalue weighted by molar-refractivity contribution is 6.79. The second-order valence-corrected chi connectivity index (χ2v) is 25.6. The summed E-state index contributed by atoms with van der Waals surface area (Å²) in [6, 6.07) is 37.3. The third kappa shape index (κ3) is 3.74. The Hall–Kier alpha value is -3.61. The minimum Gasteiger partial charge on any atom is -0.340 e. The Labute approximate surface area is 251 Å². The number of anilines is 4. The molecule has 0 radical (unpaired) electrons. The van der Waals surface area contributed by atoms with Crippen LogP contribution in [-0.4, -0.2) is 27.5 Å². The minimum absolute atomic E-state index is 0.544. The lowest BCUT2D eigenvalue weighted by molar-refractivity contribution is 0.876. The quantitative estimate of drug-likeness (QED) is 0.151. The lowest BCUT2D eigenvalue weighted by atomic mass is 9.92.